The van der Waals surface area contributed by atoms with Crippen LogP contribution < -0.4 is 10.9 Å². The fourth-order valence-corrected chi connectivity index (χ4v) is 0.790. The molecular weight excluding hydrogens is 176 g/mol. The maximum atomic E-state index is 11.1. The van der Waals surface area contributed by atoms with Crippen LogP contribution in [0.4, 0.5) is 0 Å². The number of aromatic amines is 1. The van der Waals surface area contributed by atoms with Crippen molar-refractivity contribution in [2.45, 2.75) is 6.23 Å². The molecule has 70 valence electrons. The number of aromatic nitrogens is 3. The zero-order chi connectivity index (χ0) is 9.68. The summed E-state index contributed by atoms with van der Waals surface area (Å²) in [5, 5.41) is 9.25. The first-order valence-electron chi connectivity index (χ1n) is 3.42. The van der Waals surface area contributed by atoms with Crippen molar-refractivity contribution in [2.75, 3.05) is 7.11 Å². The van der Waals surface area contributed by atoms with Crippen molar-refractivity contribution in [3.05, 3.63) is 22.4 Å². The highest BCUT2D eigenvalue weighted by molar-refractivity contribution is 5.46. The molecule has 2 N–H and O–H groups in total. The van der Waals surface area contributed by atoms with Gasteiger partial charge < -0.3 is 15.0 Å². The van der Waals surface area contributed by atoms with Gasteiger partial charge >= 0.3 is 0 Å². The number of nitrogens with one attached hydrogen (secondary N) is 2. The Kier molecular flexibility index (Phi) is 3.09. The summed E-state index contributed by atoms with van der Waals surface area (Å²) in [6.45, 7) is 0. The molecule has 0 radical (unpaired) electrons. The second-order valence-electron chi connectivity index (χ2n) is 2.10. The summed E-state index contributed by atoms with van der Waals surface area (Å²) < 4.78 is 4.79. The summed E-state index contributed by atoms with van der Waals surface area (Å²) in [7, 11) is 1.34. The van der Waals surface area contributed by atoms with Crippen LogP contribution in [0.1, 0.15) is 11.9 Å². The molecule has 1 rings (SSSR count). The summed E-state index contributed by atoms with van der Waals surface area (Å²) >= 11 is 0. The van der Waals surface area contributed by atoms with Crippen molar-refractivity contribution in [3.63, 3.8) is 0 Å². The second-order valence-corrected chi connectivity index (χ2v) is 2.10. The van der Waals surface area contributed by atoms with Gasteiger partial charge in [0.2, 0.25) is 6.41 Å². The maximum absolute atomic E-state index is 11.1. The highest BCUT2D eigenvalue weighted by atomic mass is 16.5. The second kappa shape index (κ2) is 4.31. The molecule has 0 bridgehead atoms. The average Bonchev–Trinajstić information content (AvgIpc) is 2.16. The van der Waals surface area contributed by atoms with Crippen LogP contribution >= 0.6 is 0 Å². The van der Waals surface area contributed by atoms with Crippen molar-refractivity contribution >= 4 is 6.41 Å². The molecule has 1 aromatic rings. The molecule has 0 aliphatic carbocycles. The Morgan fingerprint density at radius 1 is 1.77 bits per heavy atom. The van der Waals surface area contributed by atoms with E-state index >= 15 is 0 Å². The van der Waals surface area contributed by atoms with Crippen molar-refractivity contribution < 1.29 is 9.53 Å². The molecule has 1 unspecified atom stereocenters. The summed E-state index contributed by atoms with van der Waals surface area (Å²) in [5.41, 5.74) is -0.437. The van der Waals surface area contributed by atoms with E-state index in [1.165, 1.54) is 7.11 Å². The van der Waals surface area contributed by atoms with Gasteiger partial charge in [-0.05, 0) is 0 Å². The van der Waals surface area contributed by atoms with E-state index < -0.39 is 11.8 Å². The Morgan fingerprint density at radius 2 is 2.54 bits per heavy atom. The smallest absolute Gasteiger partial charge is 0.277 e. The number of ether oxygens (including phenoxy) is 1. The molecule has 0 aliphatic rings. The van der Waals surface area contributed by atoms with Crippen molar-refractivity contribution in [1.29, 1.82) is 0 Å². The molecule has 0 aliphatic heterocycles. The monoisotopic (exact) mass is 184 g/mol. The lowest BCUT2D eigenvalue weighted by molar-refractivity contribution is -0.113. The highest BCUT2D eigenvalue weighted by Gasteiger charge is 2.14. The number of carbonyl (C=O) groups is 1. The number of hydrogen-bond donors (Lipinski definition) is 2. The molecule has 7 nitrogen and oxygen atoms in total. The van der Waals surface area contributed by atoms with E-state index in [1.807, 2.05) is 0 Å². The van der Waals surface area contributed by atoms with Gasteiger partial charge in [-0.1, -0.05) is 0 Å². The van der Waals surface area contributed by atoms with Crippen LogP contribution in [-0.4, -0.2) is 28.7 Å². The van der Waals surface area contributed by atoms with E-state index in [0.717, 1.165) is 6.33 Å². The van der Waals surface area contributed by atoms with Crippen molar-refractivity contribution in [1.82, 2.24) is 20.5 Å². The molecule has 1 atom stereocenters. The van der Waals surface area contributed by atoms with E-state index in [0.29, 0.717) is 6.41 Å². The van der Waals surface area contributed by atoms with Crippen LogP contribution in [0.2, 0.25) is 0 Å². The first kappa shape index (κ1) is 9.33. The number of rotatable bonds is 4. The van der Waals surface area contributed by atoms with Gasteiger partial charge in [0.1, 0.15) is 6.33 Å². The molecule has 0 aromatic carbocycles. The van der Waals surface area contributed by atoms with Gasteiger partial charge in [0, 0.05) is 7.11 Å². The summed E-state index contributed by atoms with van der Waals surface area (Å²) in [6.07, 6.45) is 0.705. The first-order chi connectivity index (χ1) is 6.29. The Morgan fingerprint density at radius 3 is 3.08 bits per heavy atom. The summed E-state index contributed by atoms with van der Waals surface area (Å²) in [6, 6.07) is 0. The molecule has 13 heavy (non-hydrogen) atoms. The number of methoxy groups -OCH3 is 1. The zero-order valence-electron chi connectivity index (χ0n) is 6.85. The van der Waals surface area contributed by atoms with Crippen LogP contribution in [0.25, 0.3) is 0 Å². The van der Waals surface area contributed by atoms with Gasteiger partial charge in [0.15, 0.2) is 11.9 Å². The van der Waals surface area contributed by atoms with Crippen LogP contribution in [0, 0.1) is 0 Å². The van der Waals surface area contributed by atoms with Gasteiger partial charge in [0.25, 0.3) is 5.56 Å². The topological polar surface area (TPSA) is 97.0 Å². The fourth-order valence-electron chi connectivity index (χ4n) is 0.790. The minimum atomic E-state index is -0.866. The average molecular weight is 184 g/mol. The van der Waals surface area contributed by atoms with Crippen molar-refractivity contribution in [3.8, 4) is 0 Å². The molecule has 1 heterocycles. The quantitative estimate of drug-likeness (QED) is 0.441. The molecule has 7 heteroatoms. The standard InChI is InChI=1S/C6H8N4O3/c1-13-6(8-3-11)4-5(12)7-2-9-10-4/h2-3,6H,1H3,(H,8,11)(H,7,9,12). The third-order valence-electron chi connectivity index (χ3n) is 1.35. The van der Waals surface area contributed by atoms with Gasteiger partial charge in [-0.25, -0.2) is 0 Å². The number of carbonyl (C=O) groups excluding carboxylic acids is 1. The maximum Gasteiger partial charge on any atom is 0.277 e. The van der Waals surface area contributed by atoms with E-state index in [9.17, 15) is 9.59 Å². The number of hydrogen-bond acceptors (Lipinski definition) is 5. The third-order valence-corrected chi connectivity index (χ3v) is 1.35. The fraction of sp³-hybridized carbons (Fsp3) is 0.333. The van der Waals surface area contributed by atoms with E-state index in [4.69, 9.17) is 4.74 Å². The number of nitrogens with zero attached hydrogens (tertiary/aromatic N) is 2. The lowest BCUT2D eigenvalue weighted by Gasteiger charge is -2.10. The molecule has 1 amide bonds. The van der Waals surface area contributed by atoms with Crippen LogP contribution in [0.3, 0.4) is 0 Å². The lowest BCUT2D eigenvalue weighted by atomic mass is 10.4. The minimum absolute atomic E-state index is 0.0112. The number of amides is 1. The van der Waals surface area contributed by atoms with Crippen LogP contribution in [0.15, 0.2) is 11.1 Å². The molecular formula is C6H8N4O3. The lowest BCUT2D eigenvalue weighted by Crippen LogP contribution is -2.29. The zero-order valence-corrected chi connectivity index (χ0v) is 6.85. The summed E-state index contributed by atoms with van der Waals surface area (Å²) in [4.78, 5) is 23.5. The van der Waals surface area contributed by atoms with Gasteiger partial charge in [-0.2, -0.15) is 0 Å². The van der Waals surface area contributed by atoms with Gasteiger partial charge in [-0.3, -0.25) is 9.59 Å². The predicted octanol–water partition coefficient (Wildman–Crippen LogP) is -1.44. The Hall–Kier alpha value is -1.76. The largest absolute Gasteiger partial charge is 0.355 e. The van der Waals surface area contributed by atoms with Gasteiger partial charge in [0.05, 0.1) is 0 Å². The minimum Gasteiger partial charge on any atom is -0.355 e. The highest BCUT2D eigenvalue weighted by Crippen LogP contribution is 2.01. The molecule has 1 aromatic heterocycles. The molecule has 0 fully saturated rings. The Balaban J connectivity index is 2.97. The van der Waals surface area contributed by atoms with E-state index in [-0.39, 0.29) is 5.69 Å². The molecule has 0 spiro atoms. The Bertz CT molecular complexity index is 337. The van der Waals surface area contributed by atoms with E-state index in [2.05, 4.69) is 20.5 Å². The van der Waals surface area contributed by atoms with Crippen LogP contribution in [-0.2, 0) is 9.53 Å². The third kappa shape index (κ3) is 2.09. The SMILES string of the molecule is COC(NC=O)c1nnc[nH]c1=O. The first-order valence-corrected chi connectivity index (χ1v) is 3.42. The molecule has 0 saturated carbocycles. The van der Waals surface area contributed by atoms with Crippen molar-refractivity contribution in [2.24, 2.45) is 0 Å². The Labute approximate surface area is 73.1 Å². The normalized spacial score (nSPS) is 12.1. The van der Waals surface area contributed by atoms with Gasteiger partial charge in [-0.15, -0.1) is 10.2 Å². The molecule has 0 saturated heterocycles. The number of H-pyrrole nitrogens is 1. The summed E-state index contributed by atoms with van der Waals surface area (Å²) in [5.74, 6) is 0. The predicted molar refractivity (Wildman–Crippen MR) is 41.6 cm³/mol. The van der Waals surface area contributed by atoms with E-state index in [1.54, 1.807) is 0 Å². The van der Waals surface area contributed by atoms with Crippen LogP contribution in [0.5, 0.6) is 0 Å².